The first-order valence-corrected chi connectivity index (χ1v) is 18.3. The fourth-order valence-electron chi connectivity index (χ4n) is 0. The molecule has 0 aliphatic carbocycles. The molecule has 48 heteroatoms. The molecule has 0 aliphatic heterocycles. The Bertz CT molecular complexity index is 635. The van der Waals surface area contributed by atoms with Crippen LogP contribution in [0.25, 0.3) is 0 Å². The maximum Gasteiger partial charge on any atom is 1.00 e. The summed E-state index contributed by atoms with van der Waals surface area (Å²) in [4.78, 5) is 0. The predicted octanol–water partition coefficient (Wildman–Crippen LogP) is 2.32. The molecule has 288 valence electrons. The molecule has 0 rings (SSSR count). The molecular weight excluding hydrogens is 911 g/mol. The van der Waals surface area contributed by atoms with Crippen LogP contribution in [0.1, 0.15) is 0 Å². The SMILES string of the molecule is F[P-](F)(F)(F)(F)F.F[P-](F)(F)(F)(F)F.F[P-](F)(F)(F)(F)F.F[P-](F)(F)(F)(F)F.F[P-](F)(F)(F)(F)F.F[P-](F)(F)(F)(F)F.[Li+].[Li+].[Li+].[Li+].[Li+].[Li+]. The molecule has 0 fully saturated rings. The van der Waals surface area contributed by atoms with E-state index < -0.39 is 46.9 Å². The fourth-order valence-corrected chi connectivity index (χ4v) is 0. The van der Waals surface area contributed by atoms with E-state index in [1.54, 1.807) is 0 Å². The fraction of sp³-hybridized carbons (Fsp3) is 0. The van der Waals surface area contributed by atoms with Crippen LogP contribution in [0, 0.1) is 0 Å². The van der Waals surface area contributed by atoms with Crippen molar-refractivity contribution in [2.24, 2.45) is 0 Å². The first kappa shape index (κ1) is 84.3. The molecule has 0 amide bonds. The van der Waals surface area contributed by atoms with Crippen LogP contribution < -0.4 is 113 Å². The molecular formula is F36Li6P6. The van der Waals surface area contributed by atoms with Crippen molar-refractivity contribution in [1.29, 1.82) is 0 Å². The summed E-state index contributed by atoms with van der Waals surface area (Å²) in [5.74, 6) is 0. The normalized spacial score (nSPS) is 20.2. The zero-order chi connectivity index (χ0) is 38.4. The van der Waals surface area contributed by atoms with Crippen LogP contribution in [-0.2, 0) is 0 Å². The Morgan fingerprint density at radius 3 is 0.104 bits per heavy atom. The molecule has 0 bridgehead atoms. The molecule has 0 spiro atoms. The van der Waals surface area contributed by atoms with E-state index in [9.17, 15) is 151 Å². The van der Waals surface area contributed by atoms with Gasteiger partial charge in [0.1, 0.15) is 0 Å². The maximum atomic E-state index is 9.87. The average Bonchev–Trinajstić information content (AvgIpc) is 1.70. The second kappa shape index (κ2) is 14.2. The molecule has 0 aromatic carbocycles. The van der Waals surface area contributed by atoms with Crippen molar-refractivity contribution >= 4 is 46.9 Å². The number of rotatable bonds is 0. The summed E-state index contributed by atoms with van der Waals surface area (Å²) >= 11 is 0. The van der Waals surface area contributed by atoms with Crippen molar-refractivity contribution in [2.45, 2.75) is 0 Å². The number of hydrogen-bond donors (Lipinski definition) is 0. The quantitative estimate of drug-likeness (QED) is 0.199. The Labute approximate surface area is 309 Å². The average molecular weight is 911 g/mol. The van der Waals surface area contributed by atoms with Crippen LogP contribution in [0.4, 0.5) is 151 Å². The van der Waals surface area contributed by atoms with Crippen molar-refractivity contribution in [3.05, 3.63) is 0 Å². The topological polar surface area (TPSA) is 0 Å². The maximum absolute atomic E-state index is 10.7. The molecule has 0 heterocycles. The van der Waals surface area contributed by atoms with Crippen LogP contribution in [-0.4, -0.2) is 0 Å². The Morgan fingerprint density at radius 2 is 0.104 bits per heavy atom. The van der Waals surface area contributed by atoms with Gasteiger partial charge >= 0.3 is 311 Å². The van der Waals surface area contributed by atoms with Gasteiger partial charge in [0.2, 0.25) is 0 Å². The van der Waals surface area contributed by atoms with Gasteiger partial charge in [-0.3, -0.25) is 0 Å². The van der Waals surface area contributed by atoms with Gasteiger partial charge in [-0.1, -0.05) is 0 Å². The van der Waals surface area contributed by atoms with Gasteiger partial charge in [0.25, 0.3) is 0 Å². The van der Waals surface area contributed by atoms with Gasteiger partial charge in [-0.15, -0.1) is 0 Å². The summed E-state index contributed by atoms with van der Waals surface area (Å²) in [6.45, 7) is 0. The van der Waals surface area contributed by atoms with E-state index in [0.717, 1.165) is 0 Å². The van der Waals surface area contributed by atoms with Crippen LogP contribution >= 0.6 is 46.9 Å². The van der Waals surface area contributed by atoms with Crippen LogP contribution in [0.15, 0.2) is 0 Å². The molecule has 0 aliphatic rings. The van der Waals surface area contributed by atoms with Crippen molar-refractivity contribution in [3.63, 3.8) is 0 Å². The van der Waals surface area contributed by atoms with Crippen molar-refractivity contribution < 1.29 is 264 Å². The van der Waals surface area contributed by atoms with E-state index in [0.29, 0.717) is 0 Å². The standard InChI is InChI=1S/6F6P.6Li/c6*1-7(2,3,4,5)6;;;;;;/q6*-1;6*+1. The molecule has 0 saturated heterocycles. The monoisotopic (exact) mass is 912 g/mol. The number of hydrogen-bond acceptors (Lipinski definition) is 0. The predicted molar refractivity (Wildman–Crippen MR) is 81.4 cm³/mol. The summed E-state index contributed by atoms with van der Waals surface area (Å²) in [6.07, 6.45) is 0. The third-order valence-electron chi connectivity index (χ3n) is 0. The Hall–Kier alpha value is 3.64. The number of halogens is 36. The van der Waals surface area contributed by atoms with Crippen molar-refractivity contribution in [2.75, 3.05) is 0 Å². The van der Waals surface area contributed by atoms with Crippen LogP contribution in [0.2, 0.25) is 0 Å². The smallest absolute Gasteiger partial charge is 1.00 e. The van der Waals surface area contributed by atoms with Gasteiger partial charge in [-0.05, 0) is 0 Å². The summed E-state index contributed by atoms with van der Waals surface area (Å²) in [6, 6.07) is 0. The first-order chi connectivity index (χ1) is 14.7. The van der Waals surface area contributed by atoms with Gasteiger partial charge < -0.3 is 0 Å². The molecule has 0 nitrogen and oxygen atoms in total. The summed E-state index contributed by atoms with van der Waals surface area (Å²) < 4.78 is 355. The second-order valence-electron chi connectivity index (χ2n) is 5.75. The van der Waals surface area contributed by atoms with E-state index >= 15 is 0 Å². The van der Waals surface area contributed by atoms with E-state index in [1.165, 1.54) is 0 Å². The Morgan fingerprint density at radius 1 is 0.104 bits per heavy atom. The van der Waals surface area contributed by atoms with Gasteiger partial charge in [0, 0.05) is 0 Å². The summed E-state index contributed by atoms with van der Waals surface area (Å²) in [5.41, 5.74) is 0. The summed E-state index contributed by atoms with van der Waals surface area (Å²) in [5, 5.41) is 0. The second-order valence-corrected chi connectivity index (χ2v) is 17.2. The first-order valence-electron chi connectivity index (χ1n) is 6.09. The van der Waals surface area contributed by atoms with Gasteiger partial charge in [0.15, 0.2) is 0 Å². The molecule has 0 aromatic heterocycles. The van der Waals surface area contributed by atoms with Crippen molar-refractivity contribution in [1.82, 2.24) is 0 Å². The van der Waals surface area contributed by atoms with E-state index in [4.69, 9.17) is 0 Å². The van der Waals surface area contributed by atoms with E-state index in [1.807, 2.05) is 0 Å². The third-order valence-corrected chi connectivity index (χ3v) is 0. The zero-order valence-corrected chi connectivity index (χ0v) is 27.7. The minimum absolute atomic E-state index is 0. The molecule has 0 aromatic rings. The van der Waals surface area contributed by atoms with Gasteiger partial charge in [0.05, 0.1) is 0 Å². The largest absolute Gasteiger partial charge is 1.00 e. The molecule has 0 unspecified atom stereocenters. The van der Waals surface area contributed by atoms with Crippen LogP contribution in [0.5, 0.6) is 0 Å². The van der Waals surface area contributed by atoms with Crippen molar-refractivity contribution in [3.8, 4) is 0 Å². The molecule has 0 radical (unpaired) electrons. The van der Waals surface area contributed by atoms with E-state index in [2.05, 4.69) is 0 Å². The summed E-state index contributed by atoms with van der Waals surface area (Å²) in [7, 11) is -63.9. The van der Waals surface area contributed by atoms with Gasteiger partial charge in [-0.25, -0.2) is 0 Å². The van der Waals surface area contributed by atoms with Gasteiger partial charge in [-0.2, -0.15) is 0 Å². The Kier molecular flexibility index (Phi) is 25.0. The molecule has 48 heavy (non-hydrogen) atoms. The Balaban J connectivity index is -0.0000000316. The third kappa shape index (κ3) is 8840. The van der Waals surface area contributed by atoms with Crippen LogP contribution in [0.3, 0.4) is 0 Å². The zero-order valence-electron chi connectivity index (χ0n) is 22.3. The molecule has 0 saturated carbocycles. The molecule has 0 atom stereocenters. The molecule has 0 N–H and O–H groups in total. The van der Waals surface area contributed by atoms with E-state index in [-0.39, 0.29) is 113 Å². The minimum Gasteiger partial charge on any atom is 1.00 e. The minimum atomic E-state index is -10.7.